The zero-order valence-corrected chi connectivity index (χ0v) is 18.6. The third kappa shape index (κ3) is 4.63. The van der Waals surface area contributed by atoms with Gasteiger partial charge in [0.2, 0.25) is 5.91 Å². The van der Waals surface area contributed by atoms with E-state index >= 15 is 0 Å². The molecule has 4 rings (SSSR count). The van der Waals surface area contributed by atoms with Crippen LogP contribution in [0, 0.1) is 0 Å². The summed E-state index contributed by atoms with van der Waals surface area (Å²) in [6.45, 7) is 2.06. The van der Waals surface area contributed by atoms with Gasteiger partial charge < -0.3 is 10.6 Å². The summed E-state index contributed by atoms with van der Waals surface area (Å²) in [5.74, 6) is -0.0720. The molecule has 0 saturated heterocycles. The average molecular weight is 440 g/mol. The van der Waals surface area contributed by atoms with Gasteiger partial charge in [-0.1, -0.05) is 37.5 Å². The zero-order chi connectivity index (χ0) is 21.0. The van der Waals surface area contributed by atoms with Crippen molar-refractivity contribution in [1.82, 2.24) is 15.6 Å². The first-order chi connectivity index (χ1) is 14.6. The second-order valence-corrected chi connectivity index (χ2v) is 9.70. The van der Waals surface area contributed by atoms with Crippen LogP contribution in [-0.4, -0.2) is 16.8 Å². The van der Waals surface area contributed by atoms with Crippen LogP contribution in [0.2, 0.25) is 0 Å². The number of nitrogens with zero attached hydrogens (tertiary/aromatic N) is 1. The van der Waals surface area contributed by atoms with E-state index in [1.165, 1.54) is 13.3 Å². The van der Waals surface area contributed by atoms with Gasteiger partial charge in [0.25, 0.3) is 5.91 Å². The summed E-state index contributed by atoms with van der Waals surface area (Å²) >= 11 is 3.27. The summed E-state index contributed by atoms with van der Waals surface area (Å²) in [5, 5.41) is 9.23. The van der Waals surface area contributed by atoms with Crippen LogP contribution in [0.3, 0.4) is 0 Å². The smallest absolute Gasteiger partial charge is 0.252 e. The molecule has 0 atom stereocenters. The maximum atomic E-state index is 12.9. The molecule has 1 saturated carbocycles. The standard InChI is InChI=1S/C23H25N3O2S2/c1-16(27)24-14-18-10-11-20(30-18)19-15-29-22(25-19)23(12-6-3-7-13-23)26-21(28)17-8-4-2-5-9-17/h2,4-5,8-11,15H,3,6-7,12-14H2,1H3,(H,24,27)(H,26,28). The molecule has 1 aliphatic rings. The Morgan fingerprint density at radius 1 is 1.07 bits per heavy atom. The molecular weight excluding hydrogens is 414 g/mol. The van der Waals surface area contributed by atoms with Gasteiger partial charge in [0.1, 0.15) is 5.01 Å². The Morgan fingerprint density at radius 2 is 1.83 bits per heavy atom. The molecule has 0 radical (unpaired) electrons. The maximum absolute atomic E-state index is 12.9. The predicted molar refractivity (Wildman–Crippen MR) is 122 cm³/mol. The van der Waals surface area contributed by atoms with Crippen molar-refractivity contribution in [2.24, 2.45) is 0 Å². The summed E-state index contributed by atoms with van der Waals surface area (Å²) in [5.41, 5.74) is 1.22. The summed E-state index contributed by atoms with van der Waals surface area (Å²) in [7, 11) is 0. The lowest BCUT2D eigenvalue weighted by molar-refractivity contribution is -0.119. The molecule has 0 bridgehead atoms. The largest absolute Gasteiger partial charge is 0.351 e. The van der Waals surface area contributed by atoms with Crippen LogP contribution >= 0.6 is 22.7 Å². The average Bonchev–Trinajstić information content (AvgIpc) is 3.43. The van der Waals surface area contributed by atoms with E-state index in [1.54, 1.807) is 22.7 Å². The highest BCUT2D eigenvalue weighted by Gasteiger charge is 2.38. The van der Waals surface area contributed by atoms with Crippen molar-refractivity contribution in [2.75, 3.05) is 0 Å². The molecule has 0 unspecified atom stereocenters. The number of thiazole rings is 1. The number of carbonyl (C=O) groups excluding carboxylic acids is 2. The van der Waals surface area contributed by atoms with Crippen LogP contribution < -0.4 is 10.6 Å². The fraction of sp³-hybridized carbons (Fsp3) is 0.348. The van der Waals surface area contributed by atoms with Crippen LogP contribution in [0.15, 0.2) is 47.8 Å². The molecule has 156 valence electrons. The van der Waals surface area contributed by atoms with E-state index in [2.05, 4.69) is 22.1 Å². The highest BCUT2D eigenvalue weighted by atomic mass is 32.1. The summed E-state index contributed by atoms with van der Waals surface area (Å²) in [6.07, 6.45) is 5.19. The van der Waals surface area contributed by atoms with Gasteiger partial charge in [-0.2, -0.15) is 0 Å². The molecule has 2 heterocycles. The maximum Gasteiger partial charge on any atom is 0.252 e. The van der Waals surface area contributed by atoms with E-state index in [0.717, 1.165) is 46.1 Å². The van der Waals surface area contributed by atoms with Crippen molar-refractivity contribution in [3.63, 3.8) is 0 Å². The molecule has 3 aromatic rings. The van der Waals surface area contributed by atoms with Crippen LogP contribution in [0.4, 0.5) is 0 Å². The SMILES string of the molecule is CC(=O)NCc1ccc(-c2csc(C3(NC(=O)c4ccccc4)CCCCC3)n2)s1. The summed E-state index contributed by atoms with van der Waals surface area (Å²) < 4.78 is 0. The van der Waals surface area contributed by atoms with Gasteiger partial charge >= 0.3 is 0 Å². The molecule has 1 fully saturated rings. The van der Waals surface area contributed by atoms with Crippen molar-refractivity contribution in [3.05, 3.63) is 63.3 Å². The third-order valence-electron chi connectivity index (χ3n) is 5.44. The molecule has 7 heteroatoms. The van der Waals surface area contributed by atoms with Gasteiger partial charge in [0.15, 0.2) is 0 Å². The highest BCUT2D eigenvalue weighted by Crippen LogP contribution is 2.41. The van der Waals surface area contributed by atoms with Crippen LogP contribution in [0.5, 0.6) is 0 Å². The molecule has 30 heavy (non-hydrogen) atoms. The van der Waals surface area contributed by atoms with Gasteiger partial charge in [-0.25, -0.2) is 4.98 Å². The van der Waals surface area contributed by atoms with E-state index in [-0.39, 0.29) is 11.8 Å². The van der Waals surface area contributed by atoms with Crippen LogP contribution in [0.1, 0.15) is 59.3 Å². The fourth-order valence-corrected chi connectivity index (χ4v) is 5.87. The number of hydrogen-bond donors (Lipinski definition) is 2. The van der Waals surface area contributed by atoms with E-state index in [9.17, 15) is 9.59 Å². The van der Waals surface area contributed by atoms with Gasteiger partial charge in [0.05, 0.1) is 22.7 Å². The lowest BCUT2D eigenvalue weighted by Crippen LogP contribution is -2.47. The number of thiophene rings is 1. The van der Waals surface area contributed by atoms with Crippen molar-refractivity contribution >= 4 is 34.5 Å². The van der Waals surface area contributed by atoms with Gasteiger partial charge in [-0.05, 0) is 37.1 Å². The van der Waals surface area contributed by atoms with Crippen LogP contribution in [-0.2, 0) is 16.9 Å². The minimum atomic E-state index is -0.398. The Kier molecular flexibility index (Phi) is 6.29. The number of nitrogens with one attached hydrogen (secondary N) is 2. The lowest BCUT2D eigenvalue weighted by Gasteiger charge is -2.36. The Balaban J connectivity index is 1.56. The van der Waals surface area contributed by atoms with Crippen molar-refractivity contribution in [3.8, 4) is 10.6 Å². The normalized spacial score (nSPS) is 15.5. The molecule has 2 N–H and O–H groups in total. The van der Waals surface area contributed by atoms with E-state index < -0.39 is 5.54 Å². The minimum absolute atomic E-state index is 0.0331. The molecule has 1 aromatic carbocycles. The number of hydrogen-bond acceptors (Lipinski definition) is 5. The lowest BCUT2D eigenvalue weighted by atomic mass is 9.82. The minimum Gasteiger partial charge on any atom is -0.351 e. The number of aromatic nitrogens is 1. The number of carbonyl (C=O) groups is 2. The van der Waals surface area contributed by atoms with Gasteiger partial charge in [-0.3, -0.25) is 9.59 Å². The van der Waals surface area contributed by atoms with Crippen molar-refractivity contribution in [1.29, 1.82) is 0 Å². The Labute approximate surface area is 184 Å². The molecule has 2 aromatic heterocycles. The molecule has 1 aliphatic carbocycles. The zero-order valence-electron chi connectivity index (χ0n) is 16.9. The van der Waals surface area contributed by atoms with Gasteiger partial charge in [-0.15, -0.1) is 22.7 Å². The molecular formula is C23H25N3O2S2. The second kappa shape index (κ2) is 9.10. The van der Waals surface area contributed by atoms with Gasteiger partial charge in [0, 0.05) is 22.7 Å². The summed E-state index contributed by atoms with van der Waals surface area (Å²) in [6, 6.07) is 13.5. The monoisotopic (exact) mass is 439 g/mol. The highest BCUT2D eigenvalue weighted by molar-refractivity contribution is 7.16. The quantitative estimate of drug-likeness (QED) is 0.561. The van der Waals surface area contributed by atoms with E-state index in [0.29, 0.717) is 12.1 Å². The molecule has 0 spiro atoms. The first-order valence-electron chi connectivity index (χ1n) is 10.2. The van der Waals surface area contributed by atoms with Crippen molar-refractivity contribution < 1.29 is 9.59 Å². The Morgan fingerprint density at radius 3 is 2.57 bits per heavy atom. The Hall–Kier alpha value is -2.51. The number of benzene rings is 1. The number of amides is 2. The second-order valence-electron chi connectivity index (χ2n) is 7.68. The summed E-state index contributed by atoms with van der Waals surface area (Å²) in [4.78, 5) is 31.2. The van der Waals surface area contributed by atoms with Crippen LogP contribution in [0.25, 0.3) is 10.6 Å². The van der Waals surface area contributed by atoms with E-state index in [1.807, 2.05) is 36.4 Å². The molecule has 0 aliphatic heterocycles. The predicted octanol–water partition coefficient (Wildman–Crippen LogP) is 5.10. The number of rotatable bonds is 6. The fourth-order valence-electron chi connectivity index (χ4n) is 3.86. The Bertz CT molecular complexity index is 1020. The first-order valence-corrected chi connectivity index (χ1v) is 11.9. The molecule has 5 nitrogen and oxygen atoms in total. The molecule has 2 amide bonds. The third-order valence-corrected chi connectivity index (χ3v) is 7.59. The topological polar surface area (TPSA) is 71.1 Å². The first kappa shape index (κ1) is 20.8. The van der Waals surface area contributed by atoms with Crippen molar-refractivity contribution in [2.45, 2.75) is 51.1 Å². The van der Waals surface area contributed by atoms with E-state index in [4.69, 9.17) is 4.98 Å².